The minimum absolute atomic E-state index is 0.581. The fraction of sp³-hybridized carbons (Fsp3) is 0.929. The van der Waals surface area contributed by atoms with E-state index in [2.05, 4.69) is 6.92 Å². The Hall–Kier alpha value is -0.0400. The van der Waals surface area contributed by atoms with Crippen molar-refractivity contribution >= 4 is 17.9 Å². The van der Waals surface area contributed by atoms with Crippen molar-refractivity contribution in [1.82, 2.24) is 0 Å². The lowest BCUT2D eigenvalue weighted by molar-refractivity contribution is -0.110. The molecule has 0 saturated heterocycles. The lowest BCUT2D eigenvalue weighted by Gasteiger charge is -2.17. The number of hydrogen-bond acceptors (Lipinski definition) is 1. The van der Waals surface area contributed by atoms with Gasteiger partial charge >= 0.3 is 0 Å². The molecular formula is C14H27ClO. The standard InChI is InChI=1S/C14H27ClO/c1-3-5-6-7-8-9-10-11-12-14(15,4-2)13-16/h13H,3-12H2,1-2H3. The molecule has 1 unspecified atom stereocenters. The van der Waals surface area contributed by atoms with Crippen LogP contribution in [0.25, 0.3) is 0 Å². The molecule has 0 saturated carbocycles. The van der Waals surface area contributed by atoms with Gasteiger partial charge in [-0.2, -0.15) is 0 Å². The summed E-state index contributed by atoms with van der Waals surface area (Å²) in [5, 5.41) is 0. The van der Waals surface area contributed by atoms with Crippen molar-refractivity contribution < 1.29 is 4.79 Å². The van der Waals surface area contributed by atoms with Crippen LogP contribution >= 0.6 is 11.6 Å². The summed E-state index contributed by atoms with van der Waals surface area (Å²) in [7, 11) is 0. The SMILES string of the molecule is CCCCCCCCCCC(Cl)(C=O)CC. The summed E-state index contributed by atoms with van der Waals surface area (Å²) in [6.45, 7) is 4.22. The normalized spacial score (nSPS) is 14.7. The molecule has 0 heterocycles. The van der Waals surface area contributed by atoms with Crippen LogP contribution < -0.4 is 0 Å². The van der Waals surface area contributed by atoms with Crippen molar-refractivity contribution in [1.29, 1.82) is 0 Å². The minimum atomic E-state index is -0.581. The zero-order valence-electron chi connectivity index (χ0n) is 10.9. The zero-order valence-corrected chi connectivity index (χ0v) is 11.7. The van der Waals surface area contributed by atoms with Crippen LogP contribution in [0.2, 0.25) is 0 Å². The summed E-state index contributed by atoms with van der Waals surface area (Å²) in [6.07, 6.45) is 12.8. The molecule has 1 atom stereocenters. The van der Waals surface area contributed by atoms with Crippen LogP contribution in [0, 0.1) is 0 Å². The average Bonchev–Trinajstić information content (AvgIpc) is 2.32. The molecule has 0 fully saturated rings. The predicted molar refractivity (Wildman–Crippen MR) is 72.2 cm³/mol. The van der Waals surface area contributed by atoms with E-state index in [9.17, 15) is 4.79 Å². The average molecular weight is 247 g/mol. The number of unbranched alkanes of at least 4 members (excludes halogenated alkanes) is 7. The highest BCUT2D eigenvalue weighted by Gasteiger charge is 2.22. The number of aldehydes is 1. The zero-order chi connectivity index (χ0) is 12.3. The quantitative estimate of drug-likeness (QED) is 0.282. The Labute approximate surface area is 106 Å². The van der Waals surface area contributed by atoms with Crippen LogP contribution in [0.1, 0.15) is 78.1 Å². The number of carbonyl (C=O) groups excluding carboxylic acids is 1. The number of alkyl halides is 1. The Morgan fingerprint density at radius 2 is 1.44 bits per heavy atom. The van der Waals surface area contributed by atoms with Crippen molar-refractivity contribution in [3.8, 4) is 0 Å². The Morgan fingerprint density at radius 1 is 0.938 bits per heavy atom. The van der Waals surface area contributed by atoms with E-state index < -0.39 is 4.87 Å². The first kappa shape index (κ1) is 16.0. The maximum Gasteiger partial charge on any atom is 0.140 e. The van der Waals surface area contributed by atoms with E-state index in [4.69, 9.17) is 11.6 Å². The monoisotopic (exact) mass is 246 g/mol. The number of rotatable bonds is 11. The number of carbonyl (C=O) groups is 1. The maximum absolute atomic E-state index is 10.8. The van der Waals surface area contributed by atoms with Crippen molar-refractivity contribution in [2.75, 3.05) is 0 Å². The first-order valence-corrected chi connectivity index (χ1v) is 7.21. The predicted octanol–water partition coefficient (Wildman–Crippen LogP) is 5.10. The lowest BCUT2D eigenvalue weighted by Crippen LogP contribution is -2.21. The summed E-state index contributed by atoms with van der Waals surface area (Å²) in [5.41, 5.74) is 0. The van der Waals surface area contributed by atoms with Gasteiger partial charge in [-0.15, -0.1) is 11.6 Å². The third-order valence-corrected chi connectivity index (χ3v) is 3.79. The molecule has 0 aromatic heterocycles. The van der Waals surface area contributed by atoms with E-state index in [0.29, 0.717) is 0 Å². The second-order valence-corrected chi connectivity index (χ2v) is 5.48. The van der Waals surface area contributed by atoms with E-state index >= 15 is 0 Å². The molecule has 0 aromatic rings. The molecule has 0 rings (SSSR count). The molecule has 0 aliphatic rings. The summed E-state index contributed by atoms with van der Waals surface area (Å²) < 4.78 is 0. The van der Waals surface area contributed by atoms with Crippen LogP contribution in [0.15, 0.2) is 0 Å². The van der Waals surface area contributed by atoms with Crippen LogP contribution in [0.5, 0.6) is 0 Å². The fourth-order valence-electron chi connectivity index (χ4n) is 1.87. The third-order valence-electron chi connectivity index (χ3n) is 3.24. The van der Waals surface area contributed by atoms with E-state index in [0.717, 1.165) is 25.5 Å². The van der Waals surface area contributed by atoms with Gasteiger partial charge in [-0.25, -0.2) is 0 Å². The van der Waals surface area contributed by atoms with Gasteiger partial charge in [-0.1, -0.05) is 65.2 Å². The molecule has 0 aliphatic carbocycles. The molecule has 2 heteroatoms. The van der Waals surface area contributed by atoms with Gasteiger partial charge in [-0.05, 0) is 12.8 Å². The van der Waals surface area contributed by atoms with Crippen LogP contribution in [-0.2, 0) is 4.79 Å². The van der Waals surface area contributed by atoms with E-state index in [-0.39, 0.29) is 0 Å². The highest BCUT2D eigenvalue weighted by Crippen LogP contribution is 2.24. The Bertz CT molecular complexity index is 170. The van der Waals surface area contributed by atoms with Gasteiger partial charge < -0.3 is 4.79 Å². The van der Waals surface area contributed by atoms with Crippen LogP contribution in [-0.4, -0.2) is 11.2 Å². The molecule has 0 N–H and O–H groups in total. The number of halogens is 1. The van der Waals surface area contributed by atoms with Gasteiger partial charge in [0.05, 0.1) is 4.87 Å². The molecule has 0 aliphatic heterocycles. The van der Waals surface area contributed by atoms with Crippen molar-refractivity contribution in [3.05, 3.63) is 0 Å². The smallest absolute Gasteiger partial charge is 0.140 e. The summed E-state index contributed by atoms with van der Waals surface area (Å²) in [6, 6.07) is 0. The van der Waals surface area contributed by atoms with E-state index in [1.165, 1.54) is 44.9 Å². The van der Waals surface area contributed by atoms with Crippen molar-refractivity contribution in [3.63, 3.8) is 0 Å². The molecule has 0 aromatic carbocycles. The van der Waals surface area contributed by atoms with Gasteiger partial charge in [0.15, 0.2) is 0 Å². The first-order valence-electron chi connectivity index (χ1n) is 6.83. The summed E-state index contributed by atoms with van der Waals surface area (Å²) in [4.78, 5) is 10.2. The molecule has 96 valence electrons. The molecule has 0 amide bonds. The largest absolute Gasteiger partial charge is 0.301 e. The van der Waals surface area contributed by atoms with Crippen LogP contribution in [0.3, 0.4) is 0 Å². The number of hydrogen-bond donors (Lipinski definition) is 0. The molecule has 16 heavy (non-hydrogen) atoms. The van der Waals surface area contributed by atoms with E-state index in [1.54, 1.807) is 0 Å². The van der Waals surface area contributed by atoms with Crippen LogP contribution in [0.4, 0.5) is 0 Å². The Kier molecular flexibility index (Phi) is 10.1. The molecular weight excluding hydrogens is 220 g/mol. The Balaban J connectivity index is 3.29. The van der Waals surface area contributed by atoms with Gasteiger partial charge in [-0.3, -0.25) is 0 Å². The van der Waals surface area contributed by atoms with Gasteiger partial charge in [0, 0.05) is 0 Å². The van der Waals surface area contributed by atoms with Gasteiger partial charge in [0.1, 0.15) is 6.29 Å². The molecule has 0 radical (unpaired) electrons. The second kappa shape index (κ2) is 10.1. The fourth-order valence-corrected chi connectivity index (χ4v) is 2.01. The van der Waals surface area contributed by atoms with E-state index in [1.807, 2.05) is 6.92 Å². The summed E-state index contributed by atoms with van der Waals surface area (Å²) >= 11 is 6.12. The maximum atomic E-state index is 10.8. The highest BCUT2D eigenvalue weighted by atomic mass is 35.5. The first-order chi connectivity index (χ1) is 7.68. The second-order valence-electron chi connectivity index (χ2n) is 4.73. The molecule has 0 spiro atoms. The Morgan fingerprint density at radius 3 is 1.88 bits per heavy atom. The van der Waals surface area contributed by atoms with Gasteiger partial charge in [0.25, 0.3) is 0 Å². The highest BCUT2D eigenvalue weighted by molar-refractivity contribution is 6.31. The van der Waals surface area contributed by atoms with Crippen molar-refractivity contribution in [2.24, 2.45) is 0 Å². The van der Waals surface area contributed by atoms with Gasteiger partial charge in [0.2, 0.25) is 0 Å². The molecule has 1 nitrogen and oxygen atoms in total. The topological polar surface area (TPSA) is 17.1 Å². The van der Waals surface area contributed by atoms with Crippen molar-refractivity contribution in [2.45, 2.75) is 82.9 Å². The lowest BCUT2D eigenvalue weighted by atomic mass is 9.98. The minimum Gasteiger partial charge on any atom is -0.301 e. The summed E-state index contributed by atoms with van der Waals surface area (Å²) in [5.74, 6) is 0. The molecule has 0 bridgehead atoms. The third kappa shape index (κ3) is 8.15.